The number of carbonyl (C=O) groups is 2. The number of aliphatic hydroxyl groups excluding tert-OH is 2. The number of esters is 2. The molecular formula is C14H20O8. The van der Waals surface area contributed by atoms with Crippen LogP contribution in [0.25, 0.3) is 0 Å². The van der Waals surface area contributed by atoms with Crippen molar-refractivity contribution in [2.75, 3.05) is 13.2 Å². The summed E-state index contributed by atoms with van der Waals surface area (Å²) in [7, 11) is 0. The number of carbonyl (C=O) groups excluding carboxylic acids is 2. The maximum absolute atomic E-state index is 12.2. The van der Waals surface area contributed by atoms with Crippen LogP contribution in [-0.2, 0) is 28.5 Å². The third-order valence-electron chi connectivity index (χ3n) is 3.73. The second kappa shape index (κ2) is 6.49. The minimum atomic E-state index is -2.14. The molecule has 2 unspecified atom stereocenters. The average Bonchev–Trinajstić information content (AvgIpc) is 2.76. The van der Waals surface area contributed by atoms with Crippen molar-refractivity contribution in [3.05, 3.63) is 6.92 Å². The average molecular weight is 316 g/mol. The molecule has 2 N–H and O–H groups in total. The van der Waals surface area contributed by atoms with Crippen molar-refractivity contribution in [2.45, 2.75) is 56.4 Å². The van der Waals surface area contributed by atoms with E-state index in [1.165, 1.54) is 0 Å². The van der Waals surface area contributed by atoms with E-state index >= 15 is 0 Å². The summed E-state index contributed by atoms with van der Waals surface area (Å²) >= 11 is 0. The first-order valence-electron chi connectivity index (χ1n) is 7.16. The molecular weight excluding hydrogens is 296 g/mol. The number of ether oxygens (including phenoxy) is 4. The van der Waals surface area contributed by atoms with Crippen molar-refractivity contribution >= 4 is 11.9 Å². The van der Waals surface area contributed by atoms with Gasteiger partial charge in [-0.05, 0) is 20.8 Å². The molecule has 2 heterocycles. The third kappa shape index (κ3) is 2.71. The zero-order valence-electron chi connectivity index (χ0n) is 12.4. The van der Waals surface area contributed by atoms with Crippen LogP contribution in [0.4, 0.5) is 0 Å². The predicted molar refractivity (Wildman–Crippen MR) is 70.5 cm³/mol. The summed E-state index contributed by atoms with van der Waals surface area (Å²) in [6.45, 7) is 8.75. The molecule has 0 amide bonds. The van der Waals surface area contributed by atoms with Gasteiger partial charge in [0, 0.05) is 6.42 Å². The second-order valence-corrected chi connectivity index (χ2v) is 5.18. The molecule has 2 aliphatic heterocycles. The van der Waals surface area contributed by atoms with E-state index in [-0.39, 0.29) is 13.2 Å². The van der Waals surface area contributed by atoms with Crippen molar-refractivity contribution < 1.29 is 38.7 Å². The molecule has 2 saturated heterocycles. The van der Waals surface area contributed by atoms with Crippen LogP contribution in [0.2, 0.25) is 0 Å². The predicted octanol–water partition coefficient (Wildman–Crippen LogP) is -1.16. The second-order valence-electron chi connectivity index (χ2n) is 5.18. The van der Waals surface area contributed by atoms with Gasteiger partial charge in [0.15, 0.2) is 0 Å². The van der Waals surface area contributed by atoms with Gasteiger partial charge in [0.1, 0.15) is 18.3 Å². The summed E-state index contributed by atoms with van der Waals surface area (Å²) in [6.07, 6.45) is -6.07. The van der Waals surface area contributed by atoms with E-state index in [4.69, 9.17) is 25.9 Å². The number of hydrogen-bond acceptors (Lipinski definition) is 8. The first-order valence-corrected chi connectivity index (χ1v) is 7.16. The van der Waals surface area contributed by atoms with Crippen molar-refractivity contribution in [3.8, 4) is 0 Å². The Morgan fingerprint density at radius 1 is 1.18 bits per heavy atom. The van der Waals surface area contributed by atoms with Gasteiger partial charge in [0.2, 0.25) is 0 Å². The van der Waals surface area contributed by atoms with Gasteiger partial charge >= 0.3 is 11.9 Å². The summed E-state index contributed by atoms with van der Waals surface area (Å²) in [6, 6.07) is 0. The largest absolute Gasteiger partial charge is 0.463 e. The van der Waals surface area contributed by atoms with Gasteiger partial charge in [-0.3, -0.25) is 0 Å². The molecule has 0 aromatic heterocycles. The van der Waals surface area contributed by atoms with Gasteiger partial charge < -0.3 is 29.2 Å². The zero-order valence-corrected chi connectivity index (χ0v) is 12.4. The van der Waals surface area contributed by atoms with Crippen LogP contribution in [0.15, 0.2) is 0 Å². The van der Waals surface area contributed by atoms with Crippen LogP contribution in [0.1, 0.15) is 20.3 Å². The van der Waals surface area contributed by atoms with E-state index in [2.05, 4.69) is 0 Å². The highest BCUT2D eigenvalue weighted by atomic mass is 16.6. The Kier molecular flexibility index (Phi) is 5.06. The molecule has 0 aliphatic carbocycles. The fraction of sp³-hybridized carbons (Fsp3) is 0.786. The van der Waals surface area contributed by atoms with Crippen LogP contribution in [-0.4, -0.2) is 71.5 Å². The number of rotatable bonds is 4. The van der Waals surface area contributed by atoms with Crippen molar-refractivity contribution in [1.29, 1.82) is 0 Å². The lowest BCUT2D eigenvalue weighted by Crippen LogP contribution is -2.63. The van der Waals surface area contributed by atoms with Gasteiger partial charge in [-0.25, -0.2) is 9.59 Å². The van der Waals surface area contributed by atoms with E-state index in [0.717, 1.165) is 0 Å². The molecule has 0 aromatic rings. The summed E-state index contributed by atoms with van der Waals surface area (Å²) < 4.78 is 20.5. The topological polar surface area (TPSA) is 112 Å². The summed E-state index contributed by atoms with van der Waals surface area (Å²) in [5.41, 5.74) is -2.14. The normalized spacial score (nSPS) is 36.5. The maximum Gasteiger partial charge on any atom is 0.350 e. The van der Waals surface area contributed by atoms with Crippen molar-refractivity contribution in [3.63, 3.8) is 0 Å². The fourth-order valence-electron chi connectivity index (χ4n) is 2.70. The van der Waals surface area contributed by atoms with E-state index in [9.17, 15) is 19.8 Å². The van der Waals surface area contributed by atoms with Gasteiger partial charge in [-0.2, -0.15) is 0 Å². The van der Waals surface area contributed by atoms with E-state index in [1.54, 1.807) is 13.8 Å². The quantitative estimate of drug-likeness (QED) is 0.493. The van der Waals surface area contributed by atoms with Crippen LogP contribution >= 0.6 is 0 Å². The lowest BCUT2D eigenvalue weighted by molar-refractivity contribution is -0.233. The summed E-state index contributed by atoms with van der Waals surface area (Å²) in [5.74, 6) is -1.95. The minimum absolute atomic E-state index is 0.0199. The molecule has 0 spiro atoms. The molecule has 5 atom stereocenters. The molecule has 0 aromatic carbocycles. The SMILES string of the molecule is [CH][C@@H]1O[C@@H]2C(O)CC(C(=O)OCC)(C(=O)OCC)O[C@@H]2C1O. The lowest BCUT2D eigenvalue weighted by Gasteiger charge is -2.41. The van der Waals surface area contributed by atoms with Gasteiger partial charge in [0.05, 0.1) is 25.4 Å². The molecule has 2 fully saturated rings. The fourth-order valence-corrected chi connectivity index (χ4v) is 2.70. The molecule has 124 valence electrons. The molecule has 2 radical (unpaired) electrons. The van der Waals surface area contributed by atoms with Crippen LogP contribution in [0.5, 0.6) is 0 Å². The Bertz CT molecular complexity index is 419. The van der Waals surface area contributed by atoms with Crippen LogP contribution in [0, 0.1) is 6.92 Å². The Morgan fingerprint density at radius 2 is 1.73 bits per heavy atom. The maximum atomic E-state index is 12.2. The van der Waals surface area contributed by atoms with E-state index in [1.807, 2.05) is 0 Å². The Hall–Kier alpha value is -1.22. The number of aliphatic hydroxyl groups is 2. The number of fused-ring (bicyclic) bond motifs is 1. The third-order valence-corrected chi connectivity index (χ3v) is 3.73. The Balaban J connectivity index is 2.33. The van der Waals surface area contributed by atoms with Gasteiger partial charge in [-0.15, -0.1) is 0 Å². The van der Waals surface area contributed by atoms with Crippen molar-refractivity contribution in [1.82, 2.24) is 0 Å². The van der Waals surface area contributed by atoms with Crippen LogP contribution < -0.4 is 0 Å². The van der Waals surface area contributed by atoms with Crippen molar-refractivity contribution in [2.24, 2.45) is 0 Å². The monoisotopic (exact) mass is 316 g/mol. The van der Waals surface area contributed by atoms with Gasteiger partial charge in [0.25, 0.3) is 5.60 Å². The van der Waals surface area contributed by atoms with E-state index < -0.39 is 54.5 Å². The zero-order chi connectivity index (χ0) is 16.5. The smallest absolute Gasteiger partial charge is 0.350 e. The Morgan fingerprint density at radius 3 is 2.23 bits per heavy atom. The lowest BCUT2D eigenvalue weighted by atomic mass is 9.86. The van der Waals surface area contributed by atoms with E-state index in [0.29, 0.717) is 0 Å². The Labute approximate surface area is 128 Å². The molecule has 2 rings (SSSR count). The van der Waals surface area contributed by atoms with Gasteiger partial charge in [-0.1, -0.05) is 0 Å². The highest BCUT2D eigenvalue weighted by Gasteiger charge is 2.62. The molecule has 0 bridgehead atoms. The highest BCUT2D eigenvalue weighted by Crippen LogP contribution is 2.39. The molecule has 22 heavy (non-hydrogen) atoms. The highest BCUT2D eigenvalue weighted by molar-refractivity contribution is 6.04. The first kappa shape index (κ1) is 17.1. The molecule has 8 nitrogen and oxygen atoms in total. The minimum Gasteiger partial charge on any atom is -0.463 e. The standard InChI is InChI=1S/C14H20O8/c1-4-19-12(17)14(13(18)20-5-2)6-8(15)10-11(22-14)9(16)7(3)21-10/h3,7-11,15-16H,4-6H2,1-2H3/t7-,8?,9?,10+,11+/m0/s1. The first-order chi connectivity index (χ1) is 10.4. The molecule has 2 aliphatic rings. The molecule has 8 heteroatoms. The number of hydrogen-bond donors (Lipinski definition) is 2. The summed E-state index contributed by atoms with van der Waals surface area (Å²) in [5, 5.41) is 20.2. The molecule has 0 saturated carbocycles. The summed E-state index contributed by atoms with van der Waals surface area (Å²) in [4.78, 5) is 24.5. The van der Waals surface area contributed by atoms with Crippen LogP contribution in [0.3, 0.4) is 0 Å².